The predicted molar refractivity (Wildman–Crippen MR) is 84.4 cm³/mol. The molecule has 0 aromatic heterocycles. The molecule has 0 radical (unpaired) electrons. The van der Waals surface area contributed by atoms with Crippen LogP contribution in [-0.2, 0) is 6.42 Å². The van der Waals surface area contributed by atoms with E-state index in [1.807, 2.05) is 6.07 Å². The SMILES string of the molecule is CNC(Cc1cccc(OC)c1)C1(N(C)C)CCCC1. The molecule has 2 rings (SSSR count). The van der Waals surface area contributed by atoms with Crippen LogP contribution in [0.4, 0.5) is 0 Å². The fraction of sp³-hybridized carbons (Fsp3) is 0.647. The monoisotopic (exact) mass is 276 g/mol. The third-order valence-corrected chi connectivity index (χ3v) is 4.93. The van der Waals surface area contributed by atoms with Gasteiger partial charge in [0.15, 0.2) is 0 Å². The van der Waals surface area contributed by atoms with Crippen LogP contribution in [-0.4, -0.2) is 44.7 Å². The molecule has 1 aromatic carbocycles. The van der Waals surface area contributed by atoms with Gasteiger partial charge >= 0.3 is 0 Å². The quantitative estimate of drug-likeness (QED) is 0.864. The van der Waals surface area contributed by atoms with E-state index >= 15 is 0 Å². The first kappa shape index (κ1) is 15.3. The van der Waals surface area contributed by atoms with Gasteiger partial charge in [-0.25, -0.2) is 0 Å². The zero-order valence-corrected chi connectivity index (χ0v) is 13.3. The Bertz CT molecular complexity index is 425. The van der Waals surface area contributed by atoms with E-state index in [0.717, 1.165) is 12.2 Å². The highest BCUT2D eigenvalue weighted by Crippen LogP contribution is 2.37. The van der Waals surface area contributed by atoms with Crippen LogP contribution < -0.4 is 10.1 Å². The molecule has 1 N–H and O–H groups in total. The summed E-state index contributed by atoms with van der Waals surface area (Å²) in [4.78, 5) is 2.43. The van der Waals surface area contributed by atoms with Crippen LogP contribution in [0.2, 0.25) is 0 Å². The van der Waals surface area contributed by atoms with Gasteiger partial charge in [-0.05, 0) is 58.1 Å². The molecule has 0 bridgehead atoms. The Labute approximate surface area is 123 Å². The summed E-state index contributed by atoms with van der Waals surface area (Å²) in [6, 6.07) is 8.92. The molecular weight excluding hydrogens is 248 g/mol. The Hall–Kier alpha value is -1.06. The molecule has 0 spiro atoms. The lowest BCUT2D eigenvalue weighted by molar-refractivity contribution is 0.108. The Balaban J connectivity index is 2.19. The fourth-order valence-corrected chi connectivity index (χ4v) is 3.69. The van der Waals surface area contributed by atoms with E-state index in [9.17, 15) is 0 Å². The van der Waals surface area contributed by atoms with Crippen LogP contribution >= 0.6 is 0 Å². The van der Waals surface area contributed by atoms with Gasteiger partial charge in [0.05, 0.1) is 7.11 Å². The summed E-state index contributed by atoms with van der Waals surface area (Å²) in [5.41, 5.74) is 1.63. The second-order valence-electron chi connectivity index (χ2n) is 6.10. The largest absolute Gasteiger partial charge is 0.497 e. The maximum atomic E-state index is 5.34. The Kier molecular flexibility index (Phi) is 5.06. The molecule has 3 nitrogen and oxygen atoms in total. The van der Waals surface area contributed by atoms with Gasteiger partial charge < -0.3 is 15.0 Å². The zero-order valence-electron chi connectivity index (χ0n) is 13.3. The summed E-state index contributed by atoms with van der Waals surface area (Å²) in [6.07, 6.45) is 6.31. The van der Waals surface area contributed by atoms with E-state index in [1.54, 1.807) is 7.11 Å². The van der Waals surface area contributed by atoms with E-state index < -0.39 is 0 Å². The number of hydrogen-bond donors (Lipinski definition) is 1. The van der Waals surface area contributed by atoms with E-state index in [-0.39, 0.29) is 5.54 Å². The van der Waals surface area contributed by atoms with Crippen molar-refractivity contribution >= 4 is 0 Å². The van der Waals surface area contributed by atoms with Crippen molar-refractivity contribution in [3.63, 3.8) is 0 Å². The number of ether oxygens (including phenoxy) is 1. The summed E-state index contributed by atoms with van der Waals surface area (Å²) in [6.45, 7) is 0. The standard InChI is InChI=1S/C17H28N2O/c1-18-16(17(19(2)3)10-5-6-11-17)13-14-8-7-9-15(12-14)20-4/h7-9,12,16,18H,5-6,10-11,13H2,1-4H3. The average molecular weight is 276 g/mol. The second-order valence-corrected chi connectivity index (χ2v) is 6.10. The van der Waals surface area contributed by atoms with Crippen molar-refractivity contribution in [2.24, 2.45) is 0 Å². The van der Waals surface area contributed by atoms with Crippen molar-refractivity contribution in [3.05, 3.63) is 29.8 Å². The van der Waals surface area contributed by atoms with Crippen molar-refractivity contribution in [1.82, 2.24) is 10.2 Å². The summed E-state index contributed by atoms with van der Waals surface area (Å²) >= 11 is 0. The van der Waals surface area contributed by atoms with Gasteiger partial charge in [-0.3, -0.25) is 0 Å². The maximum Gasteiger partial charge on any atom is 0.119 e. The fourth-order valence-electron chi connectivity index (χ4n) is 3.69. The minimum absolute atomic E-state index is 0.290. The Morgan fingerprint density at radius 1 is 1.30 bits per heavy atom. The molecule has 1 aliphatic rings. The number of hydrogen-bond acceptors (Lipinski definition) is 3. The summed E-state index contributed by atoms with van der Waals surface area (Å²) in [7, 11) is 8.27. The van der Waals surface area contributed by atoms with Crippen molar-refractivity contribution < 1.29 is 4.74 Å². The van der Waals surface area contributed by atoms with Gasteiger partial charge in [-0.1, -0.05) is 25.0 Å². The van der Waals surface area contributed by atoms with Crippen LogP contribution in [0.1, 0.15) is 31.2 Å². The van der Waals surface area contributed by atoms with Gasteiger partial charge in [0.2, 0.25) is 0 Å². The van der Waals surface area contributed by atoms with Crippen molar-refractivity contribution in [1.29, 1.82) is 0 Å². The molecule has 0 saturated heterocycles. The average Bonchev–Trinajstić information content (AvgIpc) is 2.95. The summed E-state index contributed by atoms with van der Waals surface area (Å²) < 4.78 is 5.34. The topological polar surface area (TPSA) is 24.5 Å². The molecule has 3 heteroatoms. The number of nitrogens with zero attached hydrogens (tertiary/aromatic N) is 1. The van der Waals surface area contributed by atoms with Crippen LogP contribution in [0.5, 0.6) is 5.75 Å². The van der Waals surface area contributed by atoms with E-state index in [0.29, 0.717) is 6.04 Å². The lowest BCUT2D eigenvalue weighted by atomic mass is 9.83. The van der Waals surface area contributed by atoms with Crippen LogP contribution in [0.25, 0.3) is 0 Å². The smallest absolute Gasteiger partial charge is 0.119 e. The molecule has 0 amide bonds. The predicted octanol–water partition coefficient (Wildman–Crippen LogP) is 2.70. The minimum atomic E-state index is 0.290. The van der Waals surface area contributed by atoms with E-state index in [1.165, 1.54) is 31.2 Å². The molecule has 1 aromatic rings. The van der Waals surface area contributed by atoms with Gasteiger partial charge in [-0.15, -0.1) is 0 Å². The van der Waals surface area contributed by atoms with Gasteiger partial charge in [-0.2, -0.15) is 0 Å². The van der Waals surface area contributed by atoms with Gasteiger partial charge in [0, 0.05) is 11.6 Å². The number of methoxy groups -OCH3 is 1. The molecule has 1 unspecified atom stereocenters. The molecule has 1 aliphatic carbocycles. The third kappa shape index (κ3) is 2.99. The first-order chi connectivity index (χ1) is 9.62. The van der Waals surface area contributed by atoms with Crippen LogP contribution in [0, 0.1) is 0 Å². The maximum absolute atomic E-state index is 5.34. The van der Waals surface area contributed by atoms with E-state index in [4.69, 9.17) is 4.74 Å². The highest BCUT2D eigenvalue weighted by Gasteiger charge is 2.42. The normalized spacial score (nSPS) is 19.2. The molecule has 112 valence electrons. The van der Waals surface area contributed by atoms with Crippen molar-refractivity contribution in [3.8, 4) is 5.75 Å². The molecule has 1 fully saturated rings. The number of likely N-dealkylation sites (N-methyl/N-ethyl adjacent to an activating group) is 2. The minimum Gasteiger partial charge on any atom is -0.497 e. The Morgan fingerprint density at radius 3 is 2.55 bits per heavy atom. The number of rotatable bonds is 6. The lowest BCUT2D eigenvalue weighted by Gasteiger charge is -2.43. The van der Waals surface area contributed by atoms with E-state index in [2.05, 4.69) is 49.6 Å². The first-order valence-electron chi connectivity index (χ1n) is 7.60. The highest BCUT2D eigenvalue weighted by atomic mass is 16.5. The molecular formula is C17H28N2O. The Morgan fingerprint density at radius 2 is 2.00 bits per heavy atom. The number of benzene rings is 1. The van der Waals surface area contributed by atoms with Crippen LogP contribution in [0.3, 0.4) is 0 Å². The molecule has 0 aliphatic heterocycles. The van der Waals surface area contributed by atoms with Gasteiger partial charge in [0.1, 0.15) is 5.75 Å². The molecule has 1 atom stereocenters. The molecule has 20 heavy (non-hydrogen) atoms. The van der Waals surface area contributed by atoms with Crippen molar-refractivity contribution in [2.75, 3.05) is 28.3 Å². The number of nitrogens with one attached hydrogen (secondary N) is 1. The third-order valence-electron chi connectivity index (χ3n) is 4.93. The van der Waals surface area contributed by atoms with Crippen LogP contribution in [0.15, 0.2) is 24.3 Å². The second kappa shape index (κ2) is 6.59. The molecule has 0 heterocycles. The van der Waals surface area contributed by atoms with Gasteiger partial charge in [0.25, 0.3) is 0 Å². The highest BCUT2D eigenvalue weighted by molar-refractivity contribution is 5.29. The first-order valence-corrected chi connectivity index (χ1v) is 7.60. The summed E-state index contributed by atoms with van der Waals surface area (Å²) in [5, 5.41) is 3.57. The van der Waals surface area contributed by atoms with Crippen molar-refractivity contribution in [2.45, 2.75) is 43.7 Å². The zero-order chi connectivity index (χ0) is 14.6. The molecule has 1 saturated carbocycles. The lowest BCUT2D eigenvalue weighted by Crippen LogP contribution is -2.57. The summed E-state index contributed by atoms with van der Waals surface area (Å²) in [5.74, 6) is 0.947.